The maximum atomic E-state index is 11.4. The Morgan fingerprint density at radius 1 is 1.80 bits per heavy atom. The Morgan fingerprint density at radius 3 is 3.27 bits per heavy atom. The zero-order valence-electron chi connectivity index (χ0n) is 7.97. The van der Waals surface area contributed by atoms with Crippen molar-refractivity contribution in [2.45, 2.75) is 12.0 Å². The first kappa shape index (κ1) is 10.5. The molecule has 0 radical (unpaired) electrons. The highest BCUT2D eigenvalue weighted by Gasteiger charge is 2.32. The number of nitrogens with one attached hydrogen (secondary N) is 1. The number of hydrogen-bond acceptors (Lipinski definition) is 6. The van der Waals surface area contributed by atoms with E-state index in [-0.39, 0.29) is 24.8 Å². The number of amides is 1. The third-order valence-corrected chi connectivity index (χ3v) is 2.76. The van der Waals surface area contributed by atoms with E-state index in [2.05, 4.69) is 14.9 Å². The number of rotatable bonds is 3. The van der Waals surface area contributed by atoms with Crippen LogP contribution < -0.4 is 5.32 Å². The number of aromatic nitrogens is 2. The van der Waals surface area contributed by atoms with Crippen LogP contribution in [0, 0.1) is 0 Å². The minimum atomic E-state index is -0.931. The van der Waals surface area contributed by atoms with E-state index in [1.165, 1.54) is 0 Å². The van der Waals surface area contributed by atoms with Gasteiger partial charge in [0.1, 0.15) is 5.60 Å². The summed E-state index contributed by atoms with van der Waals surface area (Å²) in [5.41, 5.74) is -0.651. The van der Waals surface area contributed by atoms with Crippen LogP contribution in [0.2, 0.25) is 0 Å². The van der Waals surface area contributed by atoms with E-state index in [1.54, 1.807) is 5.38 Å². The van der Waals surface area contributed by atoms with Crippen molar-refractivity contribution < 1.29 is 14.6 Å². The molecule has 2 rings (SSSR count). The molecule has 0 spiro atoms. The van der Waals surface area contributed by atoms with Gasteiger partial charge in [0.2, 0.25) is 0 Å². The highest BCUT2D eigenvalue weighted by molar-refractivity contribution is 7.03. The Bertz CT molecular complexity index is 335. The molecule has 2 heterocycles. The summed E-state index contributed by atoms with van der Waals surface area (Å²) in [6.45, 7) is 0.983. The van der Waals surface area contributed by atoms with Crippen molar-refractivity contribution in [3.8, 4) is 0 Å². The fourth-order valence-electron chi connectivity index (χ4n) is 1.33. The molecule has 82 valence electrons. The van der Waals surface area contributed by atoms with E-state index >= 15 is 0 Å². The molecule has 6 nitrogen and oxygen atoms in total. The molecule has 1 unspecified atom stereocenters. The highest BCUT2D eigenvalue weighted by Crippen LogP contribution is 2.16. The van der Waals surface area contributed by atoms with Crippen LogP contribution in [0.15, 0.2) is 5.38 Å². The van der Waals surface area contributed by atoms with E-state index < -0.39 is 5.60 Å². The second-order valence-electron chi connectivity index (χ2n) is 3.50. The number of nitrogens with zero attached hydrogens (tertiary/aromatic N) is 2. The number of carbonyl (C=O) groups excluding carboxylic acids is 1. The van der Waals surface area contributed by atoms with Gasteiger partial charge in [-0.2, -0.15) is 0 Å². The fourth-order valence-corrected chi connectivity index (χ4v) is 1.77. The molecule has 1 aromatic rings. The van der Waals surface area contributed by atoms with Crippen molar-refractivity contribution >= 4 is 17.4 Å². The molecule has 1 saturated heterocycles. The van der Waals surface area contributed by atoms with Gasteiger partial charge in [0, 0.05) is 25.0 Å². The monoisotopic (exact) mass is 229 g/mol. The van der Waals surface area contributed by atoms with Crippen LogP contribution >= 0.6 is 11.5 Å². The summed E-state index contributed by atoms with van der Waals surface area (Å²) in [6.07, 6.45) is 0.544. The molecule has 0 aromatic carbocycles. The molecular weight excluding hydrogens is 218 g/mol. The van der Waals surface area contributed by atoms with Crippen LogP contribution in [0.5, 0.6) is 0 Å². The Kier molecular flexibility index (Phi) is 2.94. The predicted molar refractivity (Wildman–Crippen MR) is 52.6 cm³/mol. The number of ether oxygens (including phenoxy) is 1. The number of hydrogen-bond donors (Lipinski definition) is 2. The van der Waals surface area contributed by atoms with Crippen molar-refractivity contribution in [2.75, 3.05) is 19.8 Å². The average Bonchev–Trinajstić information content (AvgIpc) is 2.85. The summed E-state index contributed by atoms with van der Waals surface area (Å²) < 4.78 is 8.64. The van der Waals surface area contributed by atoms with E-state index in [4.69, 9.17) is 4.74 Å². The van der Waals surface area contributed by atoms with Crippen molar-refractivity contribution in [3.05, 3.63) is 11.1 Å². The van der Waals surface area contributed by atoms with E-state index in [9.17, 15) is 9.90 Å². The summed E-state index contributed by atoms with van der Waals surface area (Å²) in [5, 5.41) is 17.7. The smallest absolute Gasteiger partial charge is 0.272 e. The molecule has 2 N–H and O–H groups in total. The largest absolute Gasteiger partial charge is 0.386 e. The summed E-state index contributed by atoms with van der Waals surface area (Å²) in [4.78, 5) is 11.4. The second kappa shape index (κ2) is 4.21. The van der Waals surface area contributed by atoms with Gasteiger partial charge >= 0.3 is 0 Å². The van der Waals surface area contributed by atoms with Gasteiger partial charge in [0.05, 0.1) is 6.61 Å². The number of aliphatic hydroxyl groups is 1. The first-order chi connectivity index (χ1) is 7.20. The van der Waals surface area contributed by atoms with Gasteiger partial charge in [0.15, 0.2) is 5.69 Å². The van der Waals surface area contributed by atoms with Crippen LogP contribution in [-0.4, -0.2) is 46.0 Å². The SMILES string of the molecule is O=C(NCC1(O)CCOC1)c1csnn1. The first-order valence-electron chi connectivity index (χ1n) is 4.55. The van der Waals surface area contributed by atoms with Gasteiger partial charge in [0.25, 0.3) is 5.91 Å². The predicted octanol–water partition coefficient (Wildman–Crippen LogP) is -0.581. The zero-order valence-corrected chi connectivity index (χ0v) is 8.79. The van der Waals surface area contributed by atoms with E-state index in [0.29, 0.717) is 13.0 Å². The Morgan fingerprint density at radius 2 is 2.67 bits per heavy atom. The Balaban J connectivity index is 1.85. The quantitative estimate of drug-likeness (QED) is 0.724. The van der Waals surface area contributed by atoms with Gasteiger partial charge in [-0.15, -0.1) is 5.10 Å². The second-order valence-corrected chi connectivity index (χ2v) is 4.11. The van der Waals surface area contributed by atoms with Crippen molar-refractivity contribution in [2.24, 2.45) is 0 Å². The normalized spacial score (nSPS) is 25.4. The lowest BCUT2D eigenvalue weighted by atomic mass is 10.0. The van der Waals surface area contributed by atoms with Gasteiger partial charge < -0.3 is 15.2 Å². The maximum Gasteiger partial charge on any atom is 0.272 e. The molecule has 1 aliphatic heterocycles. The lowest BCUT2D eigenvalue weighted by Gasteiger charge is -2.19. The summed E-state index contributed by atoms with van der Waals surface area (Å²) in [6, 6.07) is 0. The van der Waals surface area contributed by atoms with Crippen LogP contribution in [0.1, 0.15) is 16.9 Å². The standard InChI is InChI=1S/C8H11N3O3S/c12-7(6-3-15-11-10-6)9-4-8(13)1-2-14-5-8/h3,13H,1-2,4-5H2,(H,9,12). The summed E-state index contributed by atoms with van der Waals surface area (Å²) >= 11 is 1.12. The van der Waals surface area contributed by atoms with Crippen LogP contribution in [0.3, 0.4) is 0 Å². The van der Waals surface area contributed by atoms with E-state index in [0.717, 1.165) is 11.5 Å². The molecular formula is C8H11N3O3S. The van der Waals surface area contributed by atoms with Crippen molar-refractivity contribution in [3.63, 3.8) is 0 Å². The molecule has 1 fully saturated rings. The molecule has 1 aliphatic rings. The van der Waals surface area contributed by atoms with Crippen LogP contribution in [0.4, 0.5) is 0 Å². The molecule has 0 aliphatic carbocycles. The van der Waals surface area contributed by atoms with Gasteiger partial charge in [-0.1, -0.05) is 4.49 Å². The molecule has 1 amide bonds. The molecule has 7 heteroatoms. The van der Waals surface area contributed by atoms with Gasteiger partial charge in [-0.05, 0) is 11.5 Å². The molecule has 1 atom stereocenters. The Labute approximate surface area is 90.4 Å². The average molecular weight is 229 g/mol. The Hall–Kier alpha value is -1.05. The maximum absolute atomic E-state index is 11.4. The zero-order chi connectivity index (χ0) is 10.7. The molecule has 0 saturated carbocycles. The van der Waals surface area contributed by atoms with Crippen molar-refractivity contribution in [1.29, 1.82) is 0 Å². The van der Waals surface area contributed by atoms with Crippen LogP contribution in [0.25, 0.3) is 0 Å². The topological polar surface area (TPSA) is 84.3 Å². The third-order valence-electron chi connectivity index (χ3n) is 2.25. The van der Waals surface area contributed by atoms with Crippen LogP contribution in [-0.2, 0) is 4.74 Å². The minimum Gasteiger partial charge on any atom is -0.386 e. The van der Waals surface area contributed by atoms with Gasteiger partial charge in [-0.3, -0.25) is 4.79 Å². The third kappa shape index (κ3) is 2.49. The highest BCUT2D eigenvalue weighted by atomic mass is 32.1. The van der Waals surface area contributed by atoms with Gasteiger partial charge in [-0.25, -0.2) is 0 Å². The molecule has 0 bridgehead atoms. The summed E-state index contributed by atoms with van der Waals surface area (Å²) in [7, 11) is 0. The van der Waals surface area contributed by atoms with Crippen molar-refractivity contribution in [1.82, 2.24) is 14.9 Å². The first-order valence-corrected chi connectivity index (χ1v) is 5.39. The minimum absolute atomic E-state index is 0.184. The summed E-state index contributed by atoms with van der Waals surface area (Å²) in [5.74, 6) is -0.316. The molecule has 15 heavy (non-hydrogen) atoms. The van der Waals surface area contributed by atoms with E-state index in [1.807, 2.05) is 0 Å². The fraction of sp³-hybridized carbons (Fsp3) is 0.625. The molecule has 1 aromatic heterocycles. The lowest BCUT2D eigenvalue weighted by molar-refractivity contribution is 0.0264. The number of carbonyl (C=O) groups is 1. The lowest BCUT2D eigenvalue weighted by Crippen LogP contribution is -2.43.